The predicted octanol–water partition coefficient (Wildman–Crippen LogP) is 2.87. The van der Waals surface area contributed by atoms with Crippen molar-refractivity contribution in [3.8, 4) is 11.3 Å². The molecule has 1 heterocycles. The molecule has 1 aromatic carbocycles. The Labute approximate surface area is 118 Å². The molecule has 0 fully saturated rings. The third kappa shape index (κ3) is 2.69. The molecule has 0 aliphatic rings. The summed E-state index contributed by atoms with van der Waals surface area (Å²) in [5, 5.41) is 4.29. The second-order valence-electron chi connectivity index (χ2n) is 5.00. The number of nitrogens with zero attached hydrogens (tertiary/aromatic N) is 2. The Kier molecular flexibility index (Phi) is 4.13. The van der Waals surface area contributed by atoms with E-state index in [-0.39, 0.29) is 11.1 Å². The molecule has 0 saturated heterocycles. The topological polar surface area (TPSA) is 52.0 Å². The van der Waals surface area contributed by atoms with Gasteiger partial charge in [0.2, 0.25) is 0 Å². The van der Waals surface area contributed by atoms with Crippen molar-refractivity contribution >= 4 is 6.29 Å². The van der Waals surface area contributed by atoms with Gasteiger partial charge in [0.25, 0.3) is 5.56 Å². The average molecular weight is 270 g/mol. The summed E-state index contributed by atoms with van der Waals surface area (Å²) in [7, 11) is 0. The molecule has 0 aliphatic heterocycles. The Hall–Kier alpha value is -2.23. The zero-order chi connectivity index (χ0) is 14.7. The summed E-state index contributed by atoms with van der Waals surface area (Å²) in [4.78, 5) is 22.8. The van der Waals surface area contributed by atoms with Crippen LogP contribution in [0.5, 0.6) is 0 Å². The molecular weight excluding hydrogens is 252 g/mol. The number of rotatable bonds is 4. The van der Waals surface area contributed by atoms with E-state index >= 15 is 0 Å². The zero-order valence-electron chi connectivity index (χ0n) is 12.0. The molecule has 0 atom stereocenters. The smallest absolute Gasteiger partial charge is 0.277 e. The van der Waals surface area contributed by atoms with Crippen LogP contribution in [0.2, 0.25) is 0 Å². The van der Waals surface area contributed by atoms with Gasteiger partial charge in [0.1, 0.15) is 0 Å². The minimum absolute atomic E-state index is 0.143. The molecule has 2 aromatic rings. The Balaban J connectivity index is 2.52. The molecular formula is C16H18N2O2. The molecule has 0 unspecified atom stereocenters. The van der Waals surface area contributed by atoms with Crippen LogP contribution in [0, 0.1) is 0 Å². The summed E-state index contributed by atoms with van der Waals surface area (Å²) >= 11 is 0. The number of aldehydes is 1. The van der Waals surface area contributed by atoms with Gasteiger partial charge in [-0.05, 0) is 24.5 Å². The lowest BCUT2D eigenvalue weighted by Gasteiger charge is -2.09. The number of aromatic nitrogens is 2. The molecule has 4 nitrogen and oxygen atoms in total. The van der Waals surface area contributed by atoms with Gasteiger partial charge in [-0.3, -0.25) is 9.59 Å². The fourth-order valence-corrected chi connectivity index (χ4v) is 2.04. The third-order valence-corrected chi connectivity index (χ3v) is 3.30. The Morgan fingerprint density at radius 3 is 2.40 bits per heavy atom. The number of hydrogen-bond donors (Lipinski definition) is 0. The number of carbonyl (C=O) groups is 1. The normalized spacial score (nSPS) is 10.8. The van der Waals surface area contributed by atoms with E-state index in [0.717, 1.165) is 5.56 Å². The van der Waals surface area contributed by atoms with Gasteiger partial charge in [0, 0.05) is 12.1 Å². The first kappa shape index (κ1) is 14.2. The number of benzene rings is 1. The van der Waals surface area contributed by atoms with E-state index in [0.29, 0.717) is 24.4 Å². The highest BCUT2D eigenvalue weighted by molar-refractivity contribution is 5.76. The van der Waals surface area contributed by atoms with Crippen LogP contribution in [0.4, 0.5) is 0 Å². The van der Waals surface area contributed by atoms with E-state index in [1.54, 1.807) is 6.07 Å². The molecule has 0 spiro atoms. The van der Waals surface area contributed by atoms with Gasteiger partial charge in [0.05, 0.1) is 11.3 Å². The predicted molar refractivity (Wildman–Crippen MR) is 79.1 cm³/mol. The SMILES string of the molecule is CCn1nc(-c2ccc(C(C)C)cc2)cc(C=O)c1=O. The van der Waals surface area contributed by atoms with E-state index in [9.17, 15) is 9.59 Å². The van der Waals surface area contributed by atoms with Crippen molar-refractivity contribution in [3.05, 3.63) is 51.8 Å². The summed E-state index contributed by atoms with van der Waals surface area (Å²) < 4.78 is 1.31. The monoisotopic (exact) mass is 270 g/mol. The van der Waals surface area contributed by atoms with Gasteiger partial charge in [-0.15, -0.1) is 0 Å². The van der Waals surface area contributed by atoms with E-state index in [4.69, 9.17) is 0 Å². The van der Waals surface area contributed by atoms with Crippen LogP contribution in [0.25, 0.3) is 11.3 Å². The van der Waals surface area contributed by atoms with Gasteiger partial charge < -0.3 is 0 Å². The Morgan fingerprint density at radius 1 is 1.25 bits per heavy atom. The number of hydrogen-bond acceptors (Lipinski definition) is 3. The first-order valence-corrected chi connectivity index (χ1v) is 6.74. The first-order chi connectivity index (χ1) is 9.56. The van der Waals surface area contributed by atoms with Crippen LogP contribution in [0.15, 0.2) is 35.1 Å². The van der Waals surface area contributed by atoms with Crippen molar-refractivity contribution in [1.29, 1.82) is 0 Å². The molecule has 0 amide bonds. The molecule has 4 heteroatoms. The van der Waals surface area contributed by atoms with Gasteiger partial charge in [-0.1, -0.05) is 38.1 Å². The van der Waals surface area contributed by atoms with Crippen molar-refractivity contribution in [2.45, 2.75) is 33.2 Å². The number of carbonyl (C=O) groups excluding carboxylic acids is 1. The van der Waals surface area contributed by atoms with Crippen LogP contribution >= 0.6 is 0 Å². The van der Waals surface area contributed by atoms with E-state index in [1.807, 2.05) is 31.2 Å². The molecule has 104 valence electrons. The number of aryl methyl sites for hydroxylation is 1. The van der Waals surface area contributed by atoms with Crippen molar-refractivity contribution in [2.75, 3.05) is 0 Å². The molecule has 0 bridgehead atoms. The lowest BCUT2D eigenvalue weighted by atomic mass is 10.0. The highest BCUT2D eigenvalue weighted by Crippen LogP contribution is 2.20. The Morgan fingerprint density at radius 2 is 1.90 bits per heavy atom. The van der Waals surface area contributed by atoms with Crippen LogP contribution in [0.3, 0.4) is 0 Å². The lowest BCUT2D eigenvalue weighted by Crippen LogP contribution is -2.25. The molecule has 1 aromatic heterocycles. The van der Waals surface area contributed by atoms with Crippen molar-refractivity contribution in [1.82, 2.24) is 9.78 Å². The molecule has 0 aliphatic carbocycles. The van der Waals surface area contributed by atoms with Crippen LogP contribution < -0.4 is 5.56 Å². The highest BCUT2D eigenvalue weighted by Gasteiger charge is 2.09. The van der Waals surface area contributed by atoms with Crippen LogP contribution in [0.1, 0.15) is 42.6 Å². The third-order valence-electron chi connectivity index (χ3n) is 3.30. The zero-order valence-corrected chi connectivity index (χ0v) is 12.0. The second kappa shape index (κ2) is 5.82. The van der Waals surface area contributed by atoms with Crippen molar-refractivity contribution < 1.29 is 4.79 Å². The van der Waals surface area contributed by atoms with Gasteiger partial charge >= 0.3 is 0 Å². The van der Waals surface area contributed by atoms with Crippen LogP contribution in [-0.4, -0.2) is 16.1 Å². The largest absolute Gasteiger partial charge is 0.298 e. The van der Waals surface area contributed by atoms with Gasteiger partial charge in [-0.25, -0.2) is 4.68 Å². The Bertz CT molecular complexity index is 670. The minimum Gasteiger partial charge on any atom is -0.298 e. The lowest BCUT2D eigenvalue weighted by molar-refractivity contribution is 0.112. The van der Waals surface area contributed by atoms with Crippen LogP contribution in [-0.2, 0) is 6.54 Å². The standard InChI is InChI=1S/C16H18N2O2/c1-4-18-16(20)14(10-19)9-15(17-18)13-7-5-12(6-8-13)11(2)3/h5-11H,4H2,1-3H3. The van der Waals surface area contributed by atoms with E-state index in [1.165, 1.54) is 10.2 Å². The molecule has 20 heavy (non-hydrogen) atoms. The quantitative estimate of drug-likeness (QED) is 0.803. The maximum Gasteiger partial charge on any atom is 0.277 e. The molecule has 2 rings (SSSR count). The van der Waals surface area contributed by atoms with E-state index < -0.39 is 0 Å². The van der Waals surface area contributed by atoms with Gasteiger partial charge in [-0.2, -0.15) is 5.10 Å². The average Bonchev–Trinajstić information content (AvgIpc) is 2.47. The second-order valence-corrected chi connectivity index (χ2v) is 5.00. The fourth-order valence-electron chi connectivity index (χ4n) is 2.04. The maximum absolute atomic E-state index is 11.8. The molecule has 0 N–H and O–H groups in total. The first-order valence-electron chi connectivity index (χ1n) is 6.74. The van der Waals surface area contributed by atoms with Crippen molar-refractivity contribution in [3.63, 3.8) is 0 Å². The summed E-state index contributed by atoms with van der Waals surface area (Å²) in [6, 6.07) is 9.58. The van der Waals surface area contributed by atoms with Crippen molar-refractivity contribution in [2.24, 2.45) is 0 Å². The fraction of sp³-hybridized carbons (Fsp3) is 0.312. The molecule has 0 radical (unpaired) electrons. The highest BCUT2D eigenvalue weighted by atomic mass is 16.1. The molecule has 0 saturated carbocycles. The van der Waals surface area contributed by atoms with Gasteiger partial charge in [0.15, 0.2) is 6.29 Å². The minimum atomic E-state index is -0.343. The van der Waals surface area contributed by atoms with E-state index in [2.05, 4.69) is 18.9 Å². The summed E-state index contributed by atoms with van der Waals surface area (Å²) in [5.74, 6) is 0.465. The summed E-state index contributed by atoms with van der Waals surface area (Å²) in [5.41, 5.74) is 2.59. The summed E-state index contributed by atoms with van der Waals surface area (Å²) in [6.07, 6.45) is 0.585. The maximum atomic E-state index is 11.8. The summed E-state index contributed by atoms with van der Waals surface area (Å²) in [6.45, 7) is 6.54.